The SMILES string of the molecule is Cc1ccc(NC(=O)Cc2nc(COC(=O)c3cccc(F)c3)cs2)cc1. The molecule has 0 radical (unpaired) electrons. The lowest BCUT2D eigenvalue weighted by Crippen LogP contribution is -2.14. The summed E-state index contributed by atoms with van der Waals surface area (Å²) in [6.45, 7) is 1.94. The third-order valence-corrected chi connectivity index (χ3v) is 4.56. The van der Waals surface area contributed by atoms with Gasteiger partial charge in [-0.3, -0.25) is 4.79 Å². The smallest absolute Gasteiger partial charge is 0.338 e. The number of carbonyl (C=O) groups is 2. The van der Waals surface area contributed by atoms with Gasteiger partial charge in [-0.2, -0.15) is 0 Å². The van der Waals surface area contributed by atoms with E-state index in [0.29, 0.717) is 10.7 Å². The molecule has 7 heteroatoms. The highest BCUT2D eigenvalue weighted by molar-refractivity contribution is 7.09. The number of anilines is 1. The second-order valence-corrected chi connectivity index (χ2v) is 6.85. The summed E-state index contributed by atoms with van der Waals surface area (Å²) in [5.41, 5.74) is 2.53. The molecule has 1 amide bonds. The topological polar surface area (TPSA) is 68.3 Å². The van der Waals surface area contributed by atoms with E-state index in [1.165, 1.54) is 29.5 Å². The molecule has 1 N–H and O–H groups in total. The number of benzene rings is 2. The normalized spacial score (nSPS) is 10.4. The van der Waals surface area contributed by atoms with E-state index < -0.39 is 11.8 Å². The maximum absolute atomic E-state index is 13.1. The van der Waals surface area contributed by atoms with Gasteiger partial charge in [0.15, 0.2) is 0 Å². The van der Waals surface area contributed by atoms with Crippen molar-refractivity contribution >= 4 is 28.9 Å². The van der Waals surface area contributed by atoms with Gasteiger partial charge >= 0.3 is 5.97 Å². The molecule has 0 atom stereocenters. The molecule has 0 spiro atoms. The molecule has 3 aromatic rings. The Morgan fingerprint density at radius 2 is 1.96 bits per heavy atom. The predicted molar refractivity (Wildman–Crippen MR) is 101 cm³/mol. The fourth-order valence-electron chi connectivity index (χ4n) is 2.31. The third-order valence-electron chi connectivity index (χ3n) is 3.66. The molecule has 0 saturated carbocycles. The molecule has 0 bridgehead atoms. The fourth-order valence-corrected chi connectivity index (χ4v) is 3.09. The summed E-state index contributed by atoms with van der Waals surface area (Å²) in [6, 6.07) is 12.8. The maximum atomic E-state index is 13.1. The molecule has 2 aromatic carbocycles. The number of nitrogens with zero attached hydrogens (tertiary/aromatic N) is 1. The summed E-state index contributed by atoms with van der Waals surface area (Å²) >= 11 is 1.32. The minimum atomic E-state index is -0.624. The van der Waals surface area contributed by atoms with Crippen LogP contribution >= 0.6 is 11.3 Å². The van der Waals surface area contributed by atoms with Crippen LogP contribution in [0.1, 0.15) is 26.6 Å². The molecule has 0 saturated heterocycles. The number of nitrogens with one attached hydrogen (secondary N) is 1. The van der Waals surface area contributed by atoms with E-state index in [1.54, 1.807) is 5.38 Å². The highest BCUT2D eigenvalue weighted by Gasteiger charge is 2.12. The highest BCUT2D eigenvalue weighted by Crippen LogP contribution is 2.14. The van der Waals surface area contributed by atoms with Gasteiger partial charge in [0, 0.05) is 11.1 Å². The number of hydrogen-bond acceptors (Lipinski definition) is 5. The third kappa shape index (κ3) is 5.46. The standard InChI is InChI=1S/C20H17FN2O3S/c1-13-5-7-16(8-6-13)22-18(24)10-19-23-17(12-27-19)11-26-20(25)14-3-2-4-15(21)9-14/h2-9,12H,10-11H2,1H3,(H,22,24). The first-order chi connectivity index (χ1) is 13.0. The second kappa shape index (κ2) is 8.55. The first-order valence-corrected chi connectivity index (χ1v) is 9.10. The lowest BCUT2D eigenvalue weighted by molar-refractivity contribution is -0.115. The summed E-state index contributed by atoms with van der Waals surface area (Å²) < 4.78 is 18.3. The first-order valence-electron chi connectivity index (χ1n) is 8.22. The molecule has 0 unspecified atom stereocenters. The van der Waals surface area contributed by atoms with E-state index in [1.807, 2.05) is 31.2 Å². The molecular weight excluding hydrogens is 367 g/mol. The van der Waals surface area contributed by atoms with Crippen LogP contribution in [0.5, 0.6) is 0 Å². The van der Waals surface area contributed by atoms with Crippen LogP contribution < -0.4 is 5.32 Å². The number of hydrogen-bond donors (Lipinski definition) is 1. The van der Waals surface area contributed by atoms with Crippen molar-refractivity contribution < 1.29 is 18.7 Å². The summed E-state index contributed by atoms with van der Waals surface area (Å²) in [6.07, 6.45) is 0.135. The quantitative estimate of drug-likeness (QED) is 0.649. The number of carbonyl (C=O) groups excluding carboxylic acids is 2. The largest absolute Gasteiger partial charge is 0.456 e. The Hall–Kier alpha value is -3.06. The van der Waals surface area contributed by atoms with Crippen LogP contribution in [0.15, 0.2) is 53.9 Å². The summed E-state index contributed by atoms with van der Waals surface area (Å²) in [5.74, 6) is -1.29. The lowest BCUT2D eigenvalue weighted by Gasteiger charge is -2.04. The van der Waals surface area contributed by atoms with E-state index >= 15 is 0 Å². The number of amides is 1. The van der Waals surface area contributed by atoms with E-state index in [0.717, 1.165) is 17.3 Å². The van der Waals surface area contributed by atoms with Crippen LogP contribution in [0.3, 0.4) is 0 Å². The average Bonchev–Trinajstić information content (AvgIpc) is 3.09. The maximum Gasteiger partial charge on any atom is 0.338 e. The van der Waals surface area contributed by atoms with Crippen LogP contribution in [-0.4, -0.2) is 16.9 Å². The number of aromatic nitrogens is 1. The first kappa shape index (κ1) is 18.7. The lowest BCUT2D eigenvalue weighted by atomic mass is 10.2. The van der Waals surface area contributed by atoms with Crippen LogP contribution in [0, 0.1) is 12.7 Å². The monoisotopic (exact) mass is 384 g/mol. The number of halogens is 1. The molecular formula is C20H17FN2O3S. The molecule has 27 heavy (non-hydrogen) atoms. The van der Waals surface area contributed by atoms with Gasteiger partial charge in [-0.05, 0) is 37.3 Å². The van der Waals surface area contributed by atoms with E-state index in [-0.39, 0.29) is 24.5 Å². The van der Waals surface area contributed by atoms with Gasteiger partial charge in [0.1, 0.15) is 17.4 Å². The minimum absolute atomic E-state index is 0.0363. The molecule has 1 aromatic heterocycles. The zero-order valence-electron chi connectivity index (χ0n) is 14.6. The van der Waals surface area contributed by atoms with E-state index in [9.17, 15) is 14.0 Å². The summed E-state index contributed by atoms with van der Waals surface area (Å²) in [4.78, 5) is 28.3. The van der Waals surface area contributed by atoms with Crippen LogP contribution in [0.4, 0.5) is 10.1 Å². The van der Waals surface area contributed by atoms with E-state index in [2.05, 4.69) is 10.3 Å². The van der Waals surface area contributed by atoms with Crippen molar-refractivity contribution in [1.82, 2.24) is 4.98 Å². The number of esters is 1. The Kier molecular flexibility index (Phi) is 5.93. The second-order valence-electron chi connectivity index (χ2n) is 5.91. The zero-order chi connectivity index (χ0) is 19.2. The van der Waals surface area contributed by atoms with Crippen LogP contribution in [-0.2, 0) is 22.6 Å². The molecule has 0 aliphatic heterocycles. The van der Waals surface area contributed by atoms with Crippen molar-refractivity contribution in [3.05, 3.63) is 81.6 Å². The van der Waals surface area contributed by atoms with Crippen molar-refractivity contribution in [1.29, 1.82) is 0 Å². The summed E-state index contributed by atoms with van der Waals surface area (Å²) in [5, 5.41) is 5.16. The Labute approximate surface area is 159 Å². The van der Waals surface area contributed by atoms with Crippen LogP contribution in [0.2, 0.25) is 0 Å². The molecule has 0 aliphatic rings. The van der Waals surface area contributed by atoms with Gasteiger partial charge < -0.3 is 10.1 Å². The van der Waals surface area contributed by atoms with Gasteiger partial charge in [0.25, 0.3) is 0 Å². The van der Waals surface area contributed by atoms with Crippen molar-refractivity contribution in [3.8, 4) is 0 Å². The number of thiazole rings is 1. The number of rotatable bonds is 6. The molecule has 0 fully saturated rings. The fraction of sp³-hybridized carbons (Fsp3) is 0.150. The Morgan fingerprint density at radius 1 is 1.19 bits per heavy atom. The minimum Gasteiger partial charge on any atom is -0.456 e. The molecule has 5 nitrogen and oxygen atoms in total. The van der Waals surface area contributed by atoms with Gasteiger partial charge in [0.05, 0.1) is 17.7 Å². The van der Waals surface area contributed by atoms with E-state index in [4.69, 9.17) is 4.74 Å². The predicted octanol–water partition coefficient (Wildman–Crippen LogP) is 4.13. The molecule has 138 valence electrons. The van der Waals surface area contributed by atoms with Crippen molar-refractivity contribution in [2.75, 3.05) is 5.32 Å². The van der Waals surface area contributed by atoms with Crippen molar-refractivity contribution in [3.63, 3.8) is 0 Å². The van der Waals surface area contributed by atoms with Crippen molar-refractivity contribution in [2.45, 2.75) is 20.0 Å². The Bertz CT molecular complexity index is 954. The zero-order valence-corrected chi connectivity index (χ0v) is 15.4. The molecule has 0 aliphatic carbocycles. The average molecular weight is 384 g/mol. The number of ether oxygens (including phenoxy) is 1. The molecule has 1 heterocycles. The van der Waals surface area contributed by atoms with Crippen LogP contribution in [0.25, 0.3) is 0 Å². The van der Waals surface area contributed by atoms with Gasteiger partial charge in [-0.15, -0.1) is 11.3 Å². The van der Waals surface area contributed by atoms with Gasteiger partial charge in [-0.1, -0.05) is 23.8 Å². The molecule has 3 rings (SSSR count). The Morgan fingerprint density at radius 3 is 2.70 bits per heavy atom. The van der Waals surface area contributed by atoms with Gasteiger partial charge in [-0.25, -0.2) is 14.2 Å². The van der Waals surface area contributed by atoms with Crippen molar-refractivity contribution in [2.24, 2.45) is 0 Å². The highest BCUT2D eigenvalue weighted by atomic mass is 32.1. The number of aryl methyl sites for hydroxylation is 1. The Balaban J connectivity index is 1.51. The van der Waals surface area contributed by atoms with Gasteiger partial charge in [0.2, 0.25) is 5.91 Å². The summed E-state index contributed by atoms with van der Waals surface area (Å²) in [7, 11) is 0.